The number of anilines is 1. The van der Waals surface area contributed by atoms with Crippen molar-refractivity contribution in [1.29, 1.82) is 0 Å². The molecule has 2 aromatic rings. The van der Waals surface area contributed by atoms with Crippen LogP contribution in [0.15, 0.2) is 10.5 Å². The van der Waals surface area contributed by atoms with Crippen LogP contribution in [0.5, 0.6) is 11.8 Å². The van der Waals surface area contributed by atoms with E-state index >= 15 is 0 Å². The Kier molecular flexibility index (Phi) is 11.0. The molecule has 256 valence electrons. The highest BCUT2D eigenvalue weighted by Gasteiger charge is 2.48. The van der Waals surface area contributed by atoms with Gasteiger partial charge in [-0.15, -0.1) is 0 Å². The molecule has 0 N–H and O–H groups in total. The van der Waals surface area contributed by atoms with Crippen molar-refractivity contribution in [2.75, 3.05) is 71.0 Å². The number of methoxy groups -OCH3 is 1. The van der Waals surface area contributed by atoms with Gasteiger partial charge >= 0.3 is 18.3 Å². The van der Waals surface area contributed by atoms with Crippen LogP contribution in [0.25, 0.3) is 10.9 Å². The Bertz CT molecular complexity index is 1390. The number of benzene rings is 1. The minimum absolute atomic E-state index is 0.00518. The van der Waals surface area contributed by atoms with Gasteiger partial charge in [-0.2, -0.15) is 23.1 Å². The number of rotatable bonds is 9. The average molecular weight is 829 g/mol. The van der Waals surface area contributed by atoms with E-state index in [0.29, 0.717) is 45.4 Å². The molecule has 0 unspecified atom stereocenters. The Morgan fingerprint density at radius 1 is 1.11 bits per heavy atom. The SMILES string of the molecule is COCCCN1CCC(Oc2nc(N3CCC4(CC3)CN(C(=O)OC(C)(C)C)C4)c3cc(I)c(Br)c(OCC(F)(F)F)c3n2)CC1. The number of piperidine rings is 2. The number of halogens is 5. The molecule has 1 aromatic heterocycles. The Morgan fingerprint density at radius 2 is 1.78 bits per heavy atom. The minimum Gasteiger partial charge on any atom is -0.481 e. The summed E-state index contributed by atoms with van der Waals surface area (Å²) in [6.07, 6.45) is -0.720. The maximum atomic E-state index is 13.3. The van der Waals surface area contributed by atoms with Gasteiger partial charge in [0.05, 0.1) is 4.47 Å². The predicted molar refractivity (Wildman–Crippen MR) is 180 cm³/mol. The van der Waals surface area contributed by atoms with Crippen LogP contribution >= 0.6 is 38.5 Å². The van der Waals surface area contributed by atoms with Gasteiger partial charge in [0.2, 0.25) is 0 Å². The summed E-state index contributed by atoms with van der Waals surface area (Å²) in [5.41, 5.74) is -0.271. The summed E-state index contributed by atoms with van der Waals surface area (Å²) in [6.45, 7) is 10.1. The number of aromatic nitrogens is 2. The fourth-order valence-corrected chi connectivity index (χ4v) is 7.26. The predicted octanol–water partition coefficient (Wildman–Crippen LogP) is 6.66. The molecule has 3 fully saturated rings. The molecule has 0 atom stereocenters. The number of nitrogens with zero attached hydrogens (tertiary/aromatic N) is 5. The molecule has 4 heterocycles. The maximum Gasteiger partial charge on any atom is 0.422 e. The van der Waals surface area contributed by atoms with Crippen molar-refractivity contribution < 1.29 is 36.9 Å². The molecule has 1 amide bonds. The Morgan fingerprint density at radius 3 is 2.39 bits per heavy atom. The van der Waals surface area contributed by atoms with E-state index in [0.717, 1.165) is 58.3 Å². The first kappa shape index (κ1) is 35.5. The van der Waals surface area contributed by atoms with Crippen molar-refractivity contribution in [1.82, 2.24) is 19.8 Å². The van der Waals surface area contributed by atoms with Gasteiger partial charge in [-0.3, -0.25) is 0 Å². The van der Waals surface area contributed by atoms with Crippen LogP contribution in [0, 0.1) is 8.99 Å². The molecule has 3 saturated heterocycles. The van der Waals surface area contributed by atoms with Crippen molar-refractivity contribution in [2.24, 2.45) is 5.41 Å². The summed E-state index contributed by atoms with van der Waals surface area (Å²) in [5, 5.41) is 0.602. The lowest BCUT2D eigenvalue weighted by atomic mass is 9.72. The van der Waals surface area contributed by atoms with Gasteiger partial charge in [0.1, 0.15) is 23.0 Å². The number of likely N-dealkylation sites (tertiary alicyclic amines) is 2. The first-order chi connectivity index (χ1) is 21.7. The van der Waals surface area contributed by atoms with Gasteiger partial charge < -0.3 is 33.6 Å². The Labute approximate surface area is 289 Å². The van der Waals surface area contributed by atoms with Crippen LogP contribution in [0.4, 0.5) is 23.8 Å². The Balaban J connectivity index is 1.37. The molecule has 0 saturated carbocycles. The van der Waals surface area contributed by atoms with E-state index in [1.165, 1.54) is 0 Å². The fourth-order valence-electron chi connectivity index (χ4n) is 6.29. The first-order valence-electron chi connectivity index (χ1n) is 15.7. The van der Waals surface area contributed by atoms with E-state index in [-0.39, 0.29) is 34.9 Å². The van der Waals surface area contributed by atoms with E-state index in [9.17, 15) is 18.0 Å². The largest absolute Gasteiger partial charge is 0.481 e. The molecule has 1 spiro atoms. The molecular weight excluding hydrogens is 786 g/mol. The fraction of sp³-hybridized carbons (Fsp3) is 0.710. The van der Waals surface area contributed by atoms with Gasteiger partial charge in [0, 0.05) is 73.9 Å². The Hall–Kier alpha value is -1.85. The topological polar surface area (TPSA) is 89.5 Å². The lowest BCUT2D eigenvalue weighted by Gasteiger charge is -2.53. The number of hydrogen-bond donors (Lipinski definition) is 0. The third-order valence-corrected chi connectivity index (χ3v) is 11.0. The molecule has 1 aromatic carbocycles. The highest BCUT2D eigenvalue weighted by Crippen LogP contribution is 2.45. The molecule has 5 rings (SSSR count). The van der Waals surface area contributed by atoms with Gasteiger partial charge in [-0.25, -0.2) is 4.79 Å². The van der Waals surface area contributed by atoms with Crippen LogP contribution in [-0.2, 0) is 9.47 Å². The smallest absolute Gasteiger partial charge is 0.422 e. The van der Waals surface area contributed by atoms with Gasteiger partial charge in [-0.1, -0.05) is 0 Å². The molecule has 3 aliphatic heterocycles. The van der Waals surface area contributed by atoms with Crippen LogP contribution in [0.3, 0.4) is 0 Å². The highest BCUT2D eigenvalue weighted by atomic mass is 127. The summed E-state index contributed by atoms with van der Waals surface area (Å²) in [4.78, 5) is 28.3. The zero-order valence-corrected chi connectivity index (χ0v) is 30.5. The highest BCUT2D eigenvalue weighted by molar-refractivity contribution is 14.1. The zero-order valence-electron chi connectivity index (χ0n) is 26.7. The van der Waals surface area contributed by atoms with Gasteiger partial charge in [0.15, 0.2) is 12.4 Å². The zero-order chi connectivity index (χ0) is 33.3. The minimum atomic E-state index is -4.52. The quantitative estimate of drug-likeness (QED) is 0.204. The van der Waals surface area contributed by atoms with Gasteiger partial charge in [-0.05, 0) is 97.5 Å². The molecule has 0 radical (unpaired) electrons. The molecular formula is C31H42BrF3IN5O5. The van der Waals surface area contributed by atoms with E-state index in [2.05, 4.69) is 53.3 Å². The van der Waals surface area contributed by atoms with Crippen molar-refractivity contribution in [3.63, 3.8) is 0 Å². The lowest BCUT2D eigenvalue weighted by molar-refractivity contribution is -0.153. The third kappa shape index (κ3) is 8.78. The van der Waals surface area contributed by atoms with Crippen LogP contribution < -0.4 is 14.4 Å². The molecule has 3 aliphatic rings. The summed E-state index contributed by atoms with van der Waals surface area (Å²) in [5.74, 6) is 0.624. The summed E-state index contributed by atoms with van der Waals surface area (Å²) >= 11 is 5.52. The average Bonchev–Trinajstić information content (AvgIpc) is 2.96. The van der Waals surface area contributed by atoms with Crippen LogP contribution in [-0.4, -0.2) is 110 Å². The lowest BCUT2D eigenvalue weighted by Crippen LogP contribution is -2.62. The standard InChI is InChI=1S/C31H42BrF3IN5O5/c1-29(2,3)46-28(42)41-17-30(18-41)8-13-40(14-9-30)26-21-16-22(36)23(32)25(44-19-31(33,34)35)24(21)37-27(38-26)45-20-6-11-39(12-7-20)10-5-15-43-4/h16,20H,5-15,17-19H2,1-4H3. The van der Waals surface area contributed by atoms with Gasteiger partial charge in [0.25, 0.3) is 0 Å². The summed E-state index contributed by atoms with van der Waals surface area (Å²) in [7, 11) is 1.70. The van der Waals surface area contributed by atoms with E-state index in [1.807, 2.05) is 26.8 Å². The van der Waals surface area contributed by atoms with E-state index in [4.69, 9.17) is 23.9 Å². The molecule has 10 nitrogen and oxygen atoms in total. The summed E-state index contributed by atoms with van der Waals surface area (Å²) in [6, 6.07) is 2.00. The number of hydrogen-bond acceptors (Lipinski definition) is 9. The second-order valence-electron chi connectivity index (χ2n) is 13.5. The number of amides is 1. The molecule has 15 heteroatoms. The first-order valence-corrected chi connectivity index (χ1v) is 17.5. The van der Waals surface area contributed by atoms with Crippen molar-refractivity contribution >= 4 is 61.3 Å². The van der Waals surface area contributed by atoms with E-state index < -0.39 is 18.4 Å². The normalized spacial score (nSPS) is 19.4. The number of ether oxygens (including phenoxy) is 4. The molecule has 46 heavy (non-hydrogen) atoms. The monoisotopic (exact) mass is 827 g/mol. The summed E-state index contributed by atoms with van der Waals surface area (Å²) < 4.78 is 63.3. The van der Waals surface area contributed by atoms with Crippen LogP contribution in [0.1, 0.15) is 52.9 Å². The number of carbonyl (C=O) groups excluding carboxylic acids is 1. The van der Waals surface area contributed by atoms with Crippen molar-refractivity contribution in [2.45, 2.75) is 70.8 Å². The van der Waals surface area contributed by atoms with Crippen molar-refractivity contribution in [3.8, 4) is 11.8 Å². The van der Waals surface area contributed by atoms with E-state index in [1.54, 1.807) is 12.0 Å². The second kappa shape index (κ2) is 14.3. The number of carbonyl (C=O) groups is 1. The number of alkyl halides is 3. The van der Waals surface area contributed by atoms with Crippen molar-refractivity contribution in [3.05, 3.63) is 14.1 Å². The second-order valence-corrected chi connectivity index (χ2v) is 15.4. The molecule has 0 bridgehead atoms. The van der Waals surface area contributed by atoms with Crippen LogP contribution in [0.2, 0.25) is 0 Å². The maximum absolute atomic E-state index is 13.3. The molecule has 0 aliphatic carbocycles. The number of fused-ring (bicyclic) bond motifs is 1. The third-order valence-electron chi connectivity index (χ3n) is 8.64.